The number of nitrogens with one attached hydrogen (secondary N) is 2. The summed E-state index contributed by atoms with van der Waals surface area (Å²) in [5.74, 6) is 0.166. The minimum atomic E-state index is 0.166. The van der Waals surface area contributed by atoms with E-state index in [-0.39, 0.29) is 5.91 Å². The van der Waals surface area contributed by atoms with E-state index >= 15 is 0 Å². The van der Waals surface area contributed by atoms with E-state index in [2.05, 4.69) is 17.6 Å². The highest BCUT2D eigenvalue weighted by Crippen LogP contribution is 1.99. The third-order valence-electron chi connectivity index (χ3n) is 2.52. The molecule has 0 aromatic heterocycles. The Morgan fingerprint density at radius 2 is 1.94 bits per heavy atom. The van der Waals surface area contributed by atoms with Crippen molar-refractivity contribution in [1.29, 1.82) is 0 Å². The summed E-state index contributed by atoms with van der Waals surface area (Å²) in [6, 6.07) is 0. The third kappa shape index (κ3) is 5.83. The molecular formula is C11H21N3O2S. The van der Waals surface area contributed by atoms with Crippen LogP contribution in [0.4, 0.5) is 0 Å². The molecule has 0 atom stereocenters. The molecule has 1 amide bonds. The standard InChI is InChI=1S/C11H21N3O2S/c1-2-4-12-11(17)13-5-3-10(15)14-6-8-16-9-7-14/h2-9H2,1H3,(H2,12,13,17). The predicted octanol–water partition coefficient (Wildman–Crippen LogP) is 0.109. The lowest BCUT2D eigenvalue weighted by molar-refractivity contribution is -0.135. The van der Waals surface area contributed by atoms with E-state index in [1.807, 2.05) is 4.90 Å². The average molecular weight is 259 g/mol. The van der Waals surface area contributed by atoms with Crippen LogP contribution < -0.4 is 10.6 Å². The molecule has 98 valence electrons. The van der Waals surface area contributed by atoms with Gasteiger partial charge in [0.25, 0.3) is 0 Å². The van der Waals surface area contributed by atoms with Crippen LogP contribution in [0.3, 0.4) is 0 Å². The van der Waals surface area contributed by atoms with Gasteiger partial charge in [0.15, 0.2) is 5.11 Å². The van der Waals surface area contributed by atoms with Crippen molar-refractivity contribution in [3.05, 3.63) is 0 Å². The highest BCUT2D eigenvalue weighted by Gasteiger charge is 2.15. The van der Waals surface area contributed by atoms with Gasteiger partial charge in [0.05, 0.1) is 13.2 Å². The van der Waals surface area contributed by atoms with Gasteiger partial charge < -0.3 is 20.3 Å². The van der Waals surface area contributed by atoms with Crippen LogP contribution in [0.2, 0.25) is 0 Å². The molecule has 5 nitrogen and oxygen atoms in total. The van der Waals surface area contributed by atoms with Gasteiger partial charge in [-0.1, -0.05) is 6.92 Å². The van der Waals surface area contributed by atoms with E-state index in [4.69, 9.17) is 17.0 Å². The molecule has 0 unspecified atom stereocenters. The van der Waals surface area contributed by atoms with Crippen molar-refractivity contribution in [3.63, 3.8) is 0 Å². The van der Waals surface area contributed by atoms with Crippen molar-refractivity contribution < 1.29 is 9.53 Å². The Hall–Kier alpha value is -0.880. The third-order valence-corrected chi connectivity index (χ3v) is 2.81. The number of hydrogen-bond donors (Lipinski definition) is 2. The van der Waals surface area contributed by atoms with Gasteiger partial charge in [0, 0.05) is 32.6 Å². The quantitative estimate of drug-likeness (QED) is 0.686. The summed E-state index contributed by atoms with van der Waals surface area (Å²) in [4.78, 5) is 13.6. The molecule has 1 aliphatic heterocycles. The monoisotopic (exact) mass is 259 g/mol. The first kappa shape index (κ1) is 14.2. The zero-order valence-corrected chi connectivity index (χ0v) is 11.1. The molecule has 0 aromatic rings. The van der Waals surface area contributed by atoms with Crippen molar-refractivity contribution >= 4 is 23.2 Å². The summed E-state index contributed by atoms with van der Waals surface area (Å²) in [6.07, 6.45) is 1.52. The molecule has 1 rings (SSSR count). The number of amides is 1. The van der Waals surface area contributed by atoms with Crippen LogP contribution in [0.1, 0.15) is 19.8 Å². The van der Waals surface area contributed by atoms with Gasteiger partial charge in [0.2, 0.25) is 5.91 Å². The summed E-state index contributed by atoms with van der Waals surface area (Å²) in [6.45, 7) is 6.24. The fourth-order valence-electron chi connectivity index (χ4n) is 1.55. The van der Waals surface area contributed by atoms with Crippen molar-refractivity contribution in [2.75, 3.05) is 39.4 Å². The second kappa shape index (κ2) is 8.25. The average Bonchev–Trinajstić information content (AvgIpc) is 2.37. The SMILES string of the molecule is CCCNC(=S)NCCC(=O)N1CCOCC1. The maximum Gasteiger partial charge on any atom is 0.224 e. The number of carbonyl (C=O) groups is 1. The number of nitrogens with zero attached hydrogens (tertiary/aromatic N) is 1. The summed E-state index contributed by atoms with van der Waals surface area (Å²) in [5, 5.41) is 6.72. The highest BCUT2D eigenvalue weighted by molar-refractivity contribution is 7.80. The van der Waals surface area contributed by atoms with Gasteiger partial charge in [-0.3, -0.25) is 4.79 Å². The topological polar surface area (TPSA) is 53.6 Å². The number of rotatable bonds is 5. The first-order chi connectivity index (χ1) is 8.24. The van der Waals surface area contributed by atoms with E-state index in [1.165, 1.54) is 0 Å². The lowest BCUT2D eigenvalue weighted by Crippen LogP contribution is -2.43. The summed E-state index contributed by atoms with van der Waals surface area (Å²) in [7, 11) is 0. The molecule has 0 radical (unpaired) electrons. The van der Waals surface area contributed by atoms with Crippen LogP contribution in [0.15, 0.2) is 0 Å². The largest absolute Gasteiger partial charge is 0.378 e. The molecule has 0 spiro atoms. The minimum Gasteiger partial charge on any atom is -0.378 e. The predicted molar refractivity (Wildman–Crippen MR) is 70.9 cm³/mol. The van der Waals surface area contributed by atoms with Crippen LogP contribution in [0.25, 0.3) is 0 Å². The molecule has 1 fully saturated rings. The molecule has 1 heterocycles. The number of ether oxygens (including phenoxy) is 1. The summed E-state index contributed by atoms with van der Waals surface area (Å²) >= 11 is 5.06. The molecule has 2 N–H and O–H groups in total. The van der Waals surface area contributed by atoms with Crippen molar-refractivity contribution in [3.8, 4) is 0 Å². The fourth-order valence-corrected chi connectivity index (χ4v) is 1.76. The Labute approximate surface area is 108 Å². The minimum absolute atomic E-state index is 0.166. The van der Waals surface area contributed by atoms with Gasteiger partial charge in [-0.05, 0) is 18.6 Å². The lowest BCUT2D eigenvalue weighted by atomic mass is 10.3. The Morgan fingerprint density at radius 1 is 1.29 bits per heavy atom. The maximum atomic E-state index is 11.8. The summed E-state index contributed by atoms with van der Waals surface area (Å²) in [5.41, 5.74) is 0. The number of morpholine rings is 1. The van der Waals surface area contributed by atoms with Gasteiger partial charge >= 0.3 is 0 Å². The molecular weight excluding hydrogens is 238 g/mol. The zero-order chi connectivity index (χ0) is 12.5. The smallest absolute Gasteiger partial charge is 0.224 e. The highest BCUT2D eigenvalue weighted by atomic mass is 32.1. The Kier molecular flexibility index (Phi) is 6.88. The molecule has 1 saturated heterocycles. The summed E-state index contributed by atoms with van der Waals surface area (Å²) < 4.78 is 5.20. The van der Waals surface area contributed by atoms with Crippen LogP contribution in [0.5, 0.6) is 0 Å². The van der Waals surface area contributed by atoms with Crippen molar-refractivity contribution in [1.82, 2.24) is 15.5 Å². The number of carbonyl (C=O) groups excluding carboxylic acids is 1. The van der Waals surface area contributed by atoms with Gasteiger partial charge in [-0.2, -0.15) is 0 Å². The van der Waals surface area contributed by atoms with Crippen LogP contribution in [0, 0.1) is 0 Å². The fraction of sp³-hybridized carbons (Fsp3) is 0.818. The second-order valence-corrected chi connectivity index (χ2v) is 4.33. The molecule has 0 aliphatic carbocycles. The normalized spacial score (nSPS) is 15.5. The first-order valence-electron chi connectivity index (χ1n) is 6.11. The van der Waals surface area contributed by atoms with Crippen molar-refractivity contribution in [2.45, 2.75) is 19.8 Å². The van der Waals surface area contributed by atoms with E-state index in [9.17, 15) is 4.79 Å². The molecule has 6 heteroatoms. The molecule has 17 heavy (non-hydrogen) atoms. The Balaban J connectivity index is 2.08. The Morgan fingerprint density at radius 3 is 2.59 bits per heavy atom. The molecule has 0 aromatic carbocycles. The van der Waals surface area contributed by atoms with Crippen molar-refractivity contribution in [2.24, 2.45) is 0 Å². The second-order valence-electron chi connectivity index (χ2n) is 3.93. The molecule has 0 bridgehead atoms. The van der Waals surface area contributed by atoms with Gasteiger partial charge in [-0.25, -0.2) is 0 Å². The maximum absolute atomic E-state index is 11.8. The number of hydrogen-bond acceptors (Lipinski definition) is 3. The van der Waals surface area contributed by atoms with E-state index in [0.29, 0.717) is 44.4 Å². The van der Waals surface area contributed by atoms with Crippen LogP contribution in [-0.2, 0) is 9.53 Å². The van der Waals surface area contributed by atoms with E-state index in [0.717, 1.165) is 13.0 Å². The van der Waals surface area contributed by atoms with E-state index in [1.54, 1.807) is 0 Å². The number of thiocarbonyl (C=S) groups is 1. The molecule has 1 aliphatic rings. The van der Waals surface area contributed by atoms with Crippen LogP contribution >= 0.6 is 12.2 Å². The van der Waals surface area contributed by atoms with Gasteiger partial charge in [0.1, 0.15) is 0 Å². The molecule has 0 saturated carbocycles. The van der Waals surface area contributed by atoms with E-state index < -0.39 is 0 Å². The first-order valence-corrected chi connectivity index (χ1v) is 6.52. The Bertz CT molecular complexity index is 255. The lowest BCUT2D eigenvalue weighted by Gasteiger charge is -2.26. The van der Waals surface area contributed by atoms with Gasteiger partial charge in [-0.15, -0.1) is 0 Å². The zero-order valence-electron chi connectivity index (χ0n) is 10.3. The van der Waals surface area contributed by atoms with Crippen LogP contribution in [-0.4, -0.2) is 55.3 Å².